The predicted octanol–water partition coefficient (Wildman–Crippen LogP) is 5.33. The van der Waals surface area contributed by atoms with Crippen LogP contribution in [0.3, 0.4) is 0 Å². The maximum absolute atomic E-state index is 11.8. The van der Waals surface area contributed by atoms with Crippen molar-refractivity contribution in [3.05, 3.63) is 23.2 Å². The van der Waals surface area contributed by atoms with Crippen molar-refractivity contribution in [1.29, 1.82) is 5.26 Å². The predicted molar refractivity (Wildman–Crippen MR) is 118 cm³/mol. The monoisotopic (exact) mass is 450 g/mol. The molecule has 1 aromatic carbocycles. The average Bonchev–Trinajstić information content (AvgIpc) is 3.05. The molecule has 30 heavy (non-hydrogen) atoms. The van der Waals surface area contributed by atoms with Gasteiger partial charge in [0, 0.05) is 12.5 Å². The maximum Gasteiger partial charge on any atom is 0.513 e. The van der Waals surface area contributed by atoms with Gasteiger partial charge >= 0.3 is 12.1 Å². The van der Waals surface area contributed by atoms with Crippen molar-refractivity contribution in [3.8, 4) is 11.8 Å². The fraction of sp³-hybridized carbons (Fsp3) is 0.524. The lowest BCUT2D eigenvalue weighted by Crippen LogP contribution is -2.20. The molecule has 1 unspecified atom stereocenters. The number of thiazole rings is 1. The highest BCUT2D eigenvalue weighted by atomic mass is 32.2. The van der Waals surface area contributed by atoms with Gasteiger partial charge in [0.25, 0.3) is 0 Å². The van der Waals surface area contributed by atoms with E-state index in [0.717, 1.165) is 22.6 Å². The fourth-order valence-electron chi connectivity index (χ4n) is 3.18. The third-order valence-electron chi connectivity index (χ3n) is 4.23. The normalized spacial score (nSPS) is 12.3. The number of benzene rings is 1. The number of hydrogen-bond acceptors (Lipinski definition) is 8. The van der Waals surface area contributed by atoms with Gasteiger partial charge in [0.2, 0.25) is 0 Å². The van der Waals surface area contributed by atoms with E-state index in [1.165, 1.54) is 11.3 Å². The molecule has 1 heterocycles. The van der Waals surface area contributed by atoms with Gasteiger partial charge in [-0.2, -0.15) is 17.0 Å². The second kappa shape index (κ2) is 11.2. The highest BCUT2D eigenvalue weighted by Crippen LogP contribution is 2.31. The van der Waals surface area contributed by atoms with Crippen LogP contribution in [0, 0.1) is 22.7 Å². The summed E-state index contributed by atoms with van der Waals surface area (Å²) in [4.78, 5) is 26.8. The molecule has 0 aliphatic carbocycles. The number of nitriles is 1. The lowest BCUT2D eigenvalue weighted by atomic mass is 9.84. The highest BCUT2D eigenvalue weighted by Gasteiger charge is 2.22. The van der Waals surface area contributed by atoms with Gasteiger partial charge in [-0.05, 0) is 47.8 Å². The second-order valence-electron chi connectivity index (χ2n) is 7.94. The van der Waals surface area contributed by atoms with Crippen LogP contribution in [0.5, 0.6) is 5.75 Å². The van der Waals surface area contributed by atoms with E-state index >= 15 is 0 Å². The Bertz CT molecular complexity index is 920. The number of aliphatic carboxylic acids is 1. The van der Waals surface area contributed by atoms with Crippen LogP contribution in [0.2, 0.25) is 0 Å². The third kappa shape index (κ3) is 8.20. The molecular formula is C21H26N2O5S2. The lowest BCUT2D eigenvalue weighted by molar-refractivity contribution is -0.138. The number of fused-ring (bicyclic) bond motifs is 1. The van der Waals surface area contributed by atoms with Crippen LogP contribution in [0.1, 0.15) is 45.0 Å². The van der Waals surface area contributed by atoms with Gasteiger partial charge in [-0.1, -0.05) is 20.8 Å². The number of thioether (sulfide) groups is 1. The summed E-state index contributed by atoms with van der Waals surface area (Å²) in [6, 6.07) is 6.98. The highest BCUT2D eigenvalue weighted by molar-refractivity contribution is 7.99. The molecule has 1 N–H and O–H groups in total. The Labute approximate surface area is 184 Å². The summed E-state index contributed by atoms with van der Waals surface area (Å²) in [7, 11) is 0. The summed E-state index contributed by atoms with van der Waals surface area (Å²) >= 11 is 3.01. The molecule has 9 heteroatoms. The molecule has 0 bridgehead atoms. The van der Waals surface area contributed by atoms with Gasteiger partial charge in [0.1, 0.15) is 11.8 Å². The number of ether oxygens (including phenoxy) is 2. The van der Waals surface area contributed by atoms with Crippen LogP contribution in [-0.4, -0.2) is 40.3 Å². The topological polar surface area (TPSA) is 110 Å². The van der Waals surface area contributed by atoms with Crippen molar-refractivity contribution in [3.63, 3.8) is 0 Å². The standard InChI is InChI=1S/C21H26N2O5S2/c1-14(9-19(24)25)11-21(2,3)13-29-8-4-7-27-20(26)28-15-5-6-16-17(10-15)30-18(12-22)23-16/h5-6,10,14H,4,7-9,11,13H2,1-3H3,(H,24,25). The summed E-state index contributed by atoms with van der Waals surface area (Å²) in [6.07, 6.45) is 1.00. The van der Waals surface area contributed by atoms with Gasteiger partial charge in [0.15, 0.2) is 5.01 Å². The zero-order valence-corrected chi connectivity index (χ0v) is 19.0. The summed E-state index contributed by atoms with van der Waals surface area (Å²) in [6.45, 7) is 6.52. The number of carbonyl (C=O) groups is 2. The van der Waals surface area contributed by atoms with E-state index in [2.05, 4.69) is 18.8 Å². The number of nitrogens with zero attached hydrogens (tertiary/aromatic N) is 2. The first-order valence-corrected chi connectivity index (χ1v) is 11.6. The molecular weight excluding hydrogens is 424 g/mol. The molecule has 0 saturated carbocycles. The summed E-state index contributed by atoms with van der Waals surface area (Å²) < 4.78 is 11.1. The van der Waals surface area contributed by atoms with Crippen molar-refractivity contribution in [2.75, 3.05) is 18.1 Å². The minimum absolute atomic E-state index is 0.0556. The van der Waals surface area contributed by atoms with E-state index < -0.39 is 12.1 Å². The van der Waals surface area contributed by atoms with E-state index in [-0.39, 0.29) is 24.4 Å². The van der Waals surface area contributed by atoms with Crippen molar-refractivity contribution in [2.45, 2.75) is 40.0 Å². The van der Waals surface area contributed by atoms with E-state index in [4.69, 9.17) is 19.8 Å². The molecule has 2 aromatic rings. The van der Waals surface area contributed by atoms with E-state index in [9.17, 15) is 9.59 Å². The van der Waals surface area contributed by atoms with Gasteiger partial charge in [-0.25, -0.2) is 9.78 Å². The van der Waals surface area contributed by atoms with Crippen LogP contribution in [0.4, 0.5) is 4.79 Å². The number of carbonyl (C=O) groups excluding carboxylic acids is 1. The molecule has 0 aliphatic heterocycles. The van der Waals surface area contributed by atoms with E-state index in [1.54, 1.807) is 30.0 Å². The zero-order chi connectivity index (χ0) is 22.1. The molecule has 162 valence electrons. The summed E-state index contributed by atoms with van der Waals surface area (Å²) in [5, 5.41) is 18.1. The van der Waals surface area contributed by atoms with Crippen molar-refractivity contribution in [1.82, 2.24) is 4.98 Å². The molecule has 0 aliphatic rings. The van der Waals surface area contributed by atoms with E-state index in [1.807, 2.05) is 13.0 Å². The molecule has 0 amide bonds. The van der Waals surface area contributed by atoms with Crippen molar-refractivity contribution < 1.29 is 24.2 Å². The third-order valence-corrected chi connectivity index (χ3v) is 6.71. The summed E-state index contributed by atoms with van der Waals surface area (Å²) in [5.74, 6) is 1.50. The maximum atomic E-state index is 11.8. The number of aromatic nitrogens is 1. The van der Waals surface area contributed by atoms with Gasteiger partial charge < -0.3 is 14.6 Å². The molecule has 1 atom stereocenters. The number of carboxylic acid groups (broad SMARTS) is 1. The largest absolute Gasteiger partial charge is 0.513 e. The van der Waals surface area contributed by atoms with Crippen molar-refractivity contribution >= 4 is 45.4 Å². The lowest BCUT2D eigenvalue weighted by Gasteiger charge is -2.27. The molecule has 0 fully saturated rings. The minimum atomic E-state index is -0.757. The van der Waals surface area contributed by atoms with Gasteiger partial charge in [-0.3, -0.25) is 4.79 Å². The Balaban J connectivity index is 1.64. The molecule has 0 radical (unpaired) electrons. The molecule has 0 spiro atoms. The quantitative estimate of drug-likeness (QED) is 0.278. The van der Waals surface area contributed by atoms with Crippen LogP contribution in [0.25, 0.3) is 10.2 Å². The number of hydrogen-bond donors (Lipinski definition) is 1. The Morgan fingerprint density at radius 3 is 2.87 bits per heavy atom. The minimum Gasteiger partial charge on any atom is -0.481 e. The van der Waals surface area contributed by atoms with Crippen molar-refractivity contribution in [2.24, 2.45) is 11.3 Å². The number of rotatable bonds is 11. The first kappa shape index (κ1) is 24.0. The number of carboxylic acids is 1. The van der Waals surface area contributed by atoms with Gasteiger partial charge in [-0.15, -0.1) is 11.3 Å². The van der Waals surface area contributed by atoms with Crippen LogP contribution >= 0.6 is 23.1 Å². The average molecular weight is 451 g/mol. The van der Waals surface area contributed by atoms with Crippen LogP contribution in [-0.2, 0) is 9.53 Å². The molecule has 1 aromatic heterocycles. The van der Waals surface area contributed by atoms with E-state index in [0.29, 0.717) is 22.7 Å². The SMILES string of the molecule is CC(CC(=O)O)CC(C)(C)CSCCCOC(=O)Oc1ccc2nc(C#N)sc2c1. The van der Waals surface area contributed by atoms with Gasteiger partial charge in [0.05, 0.1) is 16.8 Å². The fourth-order valence-corrected chi connectivity index (χ4v) is 5.11. The first-order valence-electron chi connectivity index (χ1n) is 9.63. The van der Waals surface area contributed by atoms with Crippen LogP contribution in [0.15, 0.2) is 18.2 Å². The molecule has 2 rings (SSSR count). The Morgan fingerprint density at radius 2 is 2.17 bits per heavy atom. The Morgan fingerprint density at radius 1 is 1.40 bits per heavy atom. The first-order chi connectivity index (χ1) is 14.2. The molecule has 0 saturated heterocycles. The summed E-state index contributed by atoms with van der Waals surface area (Å²) in [5.41, 5.74) is 0.745. The molecule has 7 nitrogen and oxygen atoms in total. The Kier molecular flexibility index (Phi) is 8.93. The zero-order valence-electron chi connectivity index (χ0n) is 17.3. The van der Waals surface area contributed by atoms with Crippen LogP contribution < -0.4 is 4.74 Å². The smallest absolute Gasteiger partial charge is 0.481 e. The second-order valence-corrected chi connectivity index (χ2v) is 10.1. The Hall–Kier alpha value is -2.31.